The lowest BCUT2D eigenvalue weighted by atomic mass is 10.2. The van der Waals surface area contributed by atoms with Crippen LogP contribution in [0.15, 0.2) is 0 Å². The van der Waals surface area contributed by atoms with Crippen LogP contribution in [0.5, 0.6) is 0 Å². The maximum Gasteiger partial charge on any atom is 0.303 e. The van der Waals surface area contributed by atoms with Gasteiger partial charge in [-0.15, -0.1) is 0 Å². The van der Waals surface area contributed by atoms with Crippen molar-refractivity contribution in [2.45, 2.75) is 39.5 Å². The van der Waals surface area contributed by atoms with Crippen molar-refractivity contribution in [3.8, 4) is 0 Å². The molecule has 0 spiro atoms. The van der Waals surface area contributed by atoms with E-state index in [1.165, 1.54) is 0 Å². The Kier molecular flexibility index (Phi) is 10.5. The Bertz CT molecular complexity index is 168. The Hall–Kier alpha value is -0.610. The van der Waals surface area contributed by atoms with E-state index in [9.17, 15) is 4.79 Å². The van der Waals surface area contributed by atoms with Crippen molar-refractivity contribution < 1.29 is 19.4 Å². The first-order chi connectivity index (χ1) is 7.63. The van der Waals surface area contributed by atoms with Crippen molar-refractivity contribution in [1.29, 1.82) is 0 Å². The highest BCUT2D eigenvalue weighted by molar-refractivity contribution is 5.66. The Morgan fingerprint density at radius 1 is 1.06 bits per heavy atom. The molecule has 1 N–H and O–H groups in total. The van der Waals surface area contributed by atoms with Gasteiger partial charge in [-0.2, -0.15) is 0 Å². The molecule has 0 aliphatic rings. The maximum absolute atomic E-state index is 10.2. The molecule has 0 unspecified atom stereocenters. The summed E-state index contributed by atoms with van der Waals surface area (Å²) in [5.41, 5.74) is 0. The van der Waals surface area contributed by atoms with Gasteiger partial charge in [-0.25, -0.2) is 0 Å². The van der Waals surface area contributed by atoms with Crippen LogP contribution in [0.25, 0.3) is 0 Å². The lowest BCUT2D eigenvalue weighted by Gasteiger charge is -2.07. The first-order valence-electron chi connectivity index (χ1n) is 6.00. The minimum Gasteiger partial charge on any atom is -0.481 e. The zero-order chi connectivity index (χ0) is 12.2. The Labute approximate surface area is 97.9 Å². The van der Waals surface area contributed by atoms with Crippen LogP contribution in [0.3, 0.4) is 0 Å². The highest BCUT2D eigenvalue weighted by Crippen LogP contribution is 2.00. The summed E-state index contributed by atoms with van der Waals surface area (Å²) >= 11 is 0. The van der Waals surface area contributed by atoms with Crippen LogP contribution >= 0.6 is 0 Å². The van der Waals surface area contributed by atoms with Crippen LogP contribution in [-0.2, 0) is 14.3 Å². The summed E-state index contributed by atoms with van der Waals surface area (Å²) in [5, 5.41) is 8.41. The van der Waals surface area contributed by atoms with Gasteiger partial charge in [0.2, 0.25) is 0 Å². The van der Waals surface area contributed by atoms with E-state index in [0.29, 0.717) is 25.7 Å². The van der Waals surface area contributed by atoms with Gasteiger partial charge < -0.3 is 14.6 Å². The van der Waals surface area contributed by atoms with E-state index in [2.05, 4.69) is 13.8 Å². The number of ether oxygens (including phenoxy) is 2. The normalized spacial score (nSPS) is 10.9. The van der Waals surface area contributed by atoms with Crippen LogP contribution in [0.2, 0.25) is 0 Å². The molecule has 0 aromatic rings. The van der Waals surface area contributed by atoms with Crippen molar-refractivity contribution in [2.75, 3.05) is 26.4 Å². The molecule has 96 valence electrons. The number of hydrogen-bond donors (Lipinski definition) is 1. The summed E-state index contributed by atoms with van der Waals surface area (Å²) in [5.74, 6) is -0.154. The standard InChI is InChI=1S/C12H24O4/c1-11(2)10-16-9-8-15-7-5-3-4-6-12(13)14/h11H,3-10H2,1-2H3,(H,13,14). The molecule has 0 fully saturated rings. The summed E-state index contributed by atoms with van der Waals surface area (Å²) in [4.78, 5) is 10.2. The molecule has 0 heterocycles. The van der Waals surface area contributed by atoms with Crippen LogP contribution < -0.4 is 0 Å². The molecular formula is C12H24O4. The largest absolute Gasteiger partial charge is 0.481 e. The number of hydrogen-bond acceptors (Lipinski definition) is 3. The SMILES string of the molecule is CC(C)COCCOCCCCCC(=O)O. The number of carbonyl (C=O) groups is 1. The van der Waals surface area contributed by atoms with Gasteiger partial charge >= 0.3 is 5.97 Å². The molecule has 4 heteroatoms. The fraction of sp³-hybridized carbons (Fsp3) is 0.917. The highest BCUT2D eigenvalue weighted by Gasteiger charge is 1.97. The average molecular weight is 232 g/mol. The second-order valence-electron chi connectivity index (χ2n) is 4.29. The van der Waals surface area contributed by atoms with Gasteiger partial charge in [-0.05, 0) is 18.8 Å². The molecule has 4 nitrogen and oxygen atoms in total. The van der Waals surface area contributed by atoms with E-state index in [1.807, 2.05) is 0 Å². The number of rotatable bonds is 11. The van der Waals surface area contributed by atoms with Gasteiger partial charge in [0, 0.05) is 19.6 Å². The fourth-order valence-electron chi connectivity index (χ4n) is 1.20. The monoisotopic (exact) mass is 232 g/mol. The molecule has 0 saturated carbocycles. The first-order valence-corrected chi connectivity index (χ1v) is 6.00. The number of unbranched alkanes of at least 4 members (excludes halogenated alkanes) is 2. The van der Waals surface area contributed by atoms with E-state index in [0.717, 1.165) is 25.9 Å². The predicted octanol–water partition coefficient (Wildman–Crippen LogP) is 2.32. The fourth-order valence-corrected chi connectivity index (χ4v) is 1.20. The van der Waals surface area contributed by atoms with Crippen LogP contribution in [0.4, 0.5) is 0 Å². The summed E-state index contributed by atoms with van der Waals surface area (Å²) < 4.78 is 10.7. The first kappa shape index (κ1) is 15.4. The van der Waals surface area contributed by atoms with E-state index < -0.39 is 5.97 Å². The van der Waals surface area contributed by atoms with E-state index in [4.69, 9.17) is 14.6 Å². The molecule has 0 aliphatic carbocycles. The van der Waals surface area contributed by atoms with E-state index in [1.54, 1.807) is 0 Å². The minimum atomic E-state index is -0.719. The smallest absolute Gasteiger partial charge is 0.303 e. The topological polar surface area (TPSA) is 55.8 Å². The molecule has 0 radical (unpaired) electrons. The highest BCUT2D eigenvalue weighted by atomic mass is 16.5. The Morgan fingerprint density at radius 3 is 2.38 bits per heavy atom. The number of aliphatic carboxylic acids is 1. The van der Waals surface area contributed by atoms with Crippen LogP contribution in [-0.4, -0.2) is 37.5 Å². The van der Waals surface area contributed by atoms with Gasteiger partial charge in [-0.1, -0.05) is 20.3 Å². The summed E-state index contributed by atoms with van der Waals surface area (Å²) in [6.45, 7) is 6.98. The third-order valence-electron chi connectivity index (χ3n) is 2.00. The molecular weight excluding hydrogens is 208 g/mol. The predicted molar refractivity (Wildman–Crippen MR) is 62.6 cm³/mol. The lowest BCUT2D eigenvalue weighted by Crippen LogP contribution is -2.09. The molecule has 0 bridgehead atoms. The van der Waals surface area contributed by atoms with Crippen LogP contribution in [0.1, 0.15) is 39.5 Å². The molecule has 0 rings (SSSR count). The molecule has 0 aliphatic heterocycles. The van der Waals surface area contributed by atoms with Gasteiger partial charge in [0.25, 0.3) is 0 Å². The van der Waals surface area contributed by atoms with Gasteiger partial charge in [-0.3, -0.25) is 4.79 Å². The molecule has 16 heavy (non-hydrogen) atoms. The maximum atomic E-state index is 10.2. The Balaban J connectivity index is 2.96. The van der Waals surface area contributed by atoms with Crippen molar-refractivity contribution >= 4 is 5.97 Å². The molecule has 0 atom stereocenters. The molecule has 0 amide bonds. The minimum absolute atomic E-state index is 0.261. The van der Waals surface area contributed by atoms with Gasteiger partial charge in [0.1, 0.15) is 0 Å². The zero-order valence-corrected chi connectivity index (χ0v) is 10.4. The molecule has 0 saturated heterocycles. The quantitative estimate of drug-likeness (QED) is 0.555. The molecule has 0 aromatic carbocycles. The van der Waals surface area contributed by atoms with Crippen molar-refractivity contribution in [1.82, 2.24) is 0 Å². The van der Waals surface area contributed by atoms with E-state index in [-0.39, 0.29) is 6.42 Å². The number of carboxylic acids is 1. The van der Waals surface area contributed by atoms with E-state index >= 15 is 0 Å². The third-order valence-corrected chi connectivity index (χ3v) is 2.00. The van der Waals surface area contributed by atoms with Gasteiger partial charge in [0.05, 0.1) is 13.2 Å². The van der Waals surface area contributed by atoms with Gasteiger partial charge in [0.15, 0.2) is 0 Å². The zero-order valence-electron chi connectivity index (χ0n) is 10.4. The second kappa shape index (κ2) is 10.9. The number of carboxylic acid groups (broad SMARTS) is 1. The third kappa shape index (κ3) is 13.4. The van der Waals surface area contributed by atoms with Crippen molar-refractivity contribution in [3.05, 3.63) is 0 Å². The summed E-state index contributed by atoms with van der Waals surface area (Å²) in [6.07, 6.45) is 2.84. The average Bonchev–Trinajstić information content (AvgIpc) is 2.20. The summed E-state index contributed by atoms with van der Waals surface area (Å²) in [6, 6.07) is 0. The Morgan fingerprint density at radius 2 is 1.75 bits per heavy atom. The summed E-state index contributed by atoms with van der Waals surface area (Å²) in [7, 11) is 0. The lowest BCUT2D eigenvalue weighted by molar-refractivity contribution is -0.137. The van der Waals surface area contributed by atoms with Crippen molar-refractivity contribution in [2.24, 2.45) is 5.92 Å². The van der Waals surface area contributed by atoms with Crippen LogP contribution in [0, 0.1) is 5.92 Å². The van der Waals surface area contributed by atoms with Crippen molar-refractivity contribution in [3.63, 3.8) is 0 Å². The molecule has 0 aromatic heterocycles. The second-order valence-corrected chi connectivity index (χ2v) is 4.29.